The van der Waals surface area contributed by atoms with Crippen molar-refractivity contribution in [3.63, 3.8) is 0 Å². The Kier molecular flexibility index (Phi) is 9.10. The lowest BCUT2D eigenvalue weighted by molar-refractivity contribution is -0.152. The summed E-state index contributed by atoms with van der Waals surface area (Å²) in [6.07, 6.45) is 2.57. The smallest absolute Gasteiger partial charge is 0.326 e. The lowest BCUT2D eigenvalue weighted by atomic mass is 9.97. The Morgan fingerprint density at radius 2 is 1.98 bits per heavy atom. The van der Waals surface area contributed by atoms with Gasteiger partial charge in [-0.15, -0.1) is 0 Å². The third-order valence-corrected chi connectivity index (χ3v) is 7.45. The van der Waals surface area contributed by atoms with Crippen LogP contribution < -0.4 is 10.9 Å². The molecule has 4 rings (SSSR count). The molecular weight excluding hydrogens is 510 g/mol. The number of benzene rings is 1. The van der Waals surface area contributed by atoms with E-state index in [-0.39, 0.29) is 23.5 Å². The number of ether oxygens (including phenoxy) is 1. The standard InChI is InChI=1S/C30H41N5O5/c1-18(2)40-30(39)27(20(4)36)31-14-22-9-10-25-26(13-22)35(16-23-8-7-11-34(15-23)21(5)37)28(32-25)24-12-19(3)29(38)33(6)17-24/h9-10,12-13,17-18,20,23,27,31,36H,7-8,11,14-16H2,1-6H3/t20-,23+,27-/m1/s1. The minimum Gasteiger partial charge on any atom is -0.462 e. The number of amides is 1. The normalized spacial score (nSPS) is 17.3. The van der Waals surface area contributed by atoms with Gasteiger partial charge in [0.1, 0.15) is 11.9 Å². The molecule has 2 aromatic heterocycles. The van der Waals surface area contributed by atoms with Gasteiger partial charge in [-0.2, -0.15) is 0 Å². The number of piperidine rings is 1. The van der Waals surface area contributed by atoms with Crippen LogP contribution in [-0.2, 0) is 34.5 Å². The molecule has 1 aliphatic rings. The highest BCUT2D eigenvalue weighted by atomic mass is 16.5. The van der Waals surface area contributed by atoms with Crippen LogP contribution in [0.3, 0.4) is 0 Å². The van der Waals surface area contributed by atoms with Gasteiger partial charge in [0.05, 0.1) is 23.2 Å². The molecule has 3 atom stereocenters. The van der Waals surface area contributed by atoms with Gasteiger partial charge in [0.2, 0.25) is 5.91 Å². The van der Waals surface area contributed by atoms with Gasteiger partial charge in [0.25, 0.3) is 5.56 Å². The van der Waals surface area contributed by atoms with E-state index >= 15 is 0 Å². The molecule has 3 heterocycles. The van der Waals surface area contributed by atoms with Gasteiger partial charge < -0.3 is 23.9 Å². The van der Waals surface area contributed by atoms with E-state index in [1.54, 1.807) is 46.2 Å². The quantitative estimate of drug-likeness (QED) is 0.393. The lowest BCUT2D eigenvalue weighted by Crippen LogP contribution is -2.46. The van der Waals surface area contributed by atoms with Gasteiger partial charge in [-0.25, -0.2) is 4.98 Å². The Balaban J connectivity index is 1.71. The minimum atomic E-state index is -0.921. The molecule has 2 N–H and O–H groups in total. The lowest BCUT2D eigenvalue weighted by Gasteiger charge is -2.32. The predicted octanol–water partition coefficient (Wildman–Crippen LogP) is 2.76. The second kappa shape index (κ2) is 12.3. The van der Waals surface area contributed by atoms with E-state index in [9.17, 15) is 19.5 Å². The van der Waals surface area contributed by atoms with Crippen molar-refractivity contribution in [2.24, 2.45) is 13.0 Å². The molecule has 1 aliphatic heterocycles. The van der Waals surface area contributed by atoms with Crippen LogP contribution in [0, 0.1) is 12.8 Å². The molecule has 216 valence electrons. The van der Waals surface area contributed by atoms with Gasteiger partial charge in [0, 0.05) is 57.5 Å². The van der Waals surface area contributed by atoms with Crippen LogP contribution in [0.15, 0.2) is 35.3 Å². The van der Waals surface area contributed by atoms with E-state index in [1.165, 1.54) is 0 Å². The zero-order valence-electron chi connectivity index (χ0n) is 24.3. The highest BCUT2D eigenvalue weighted by Crippen LogP contribution is 2.29. The number of carbonyl (C=O) groups excluding carboxylic acids is 2. The number of hydrogen-bond donors (Lipinski definition) is 2. The average molecular weight is 552 g/mol. The summed E-state index contributed by atoms with van der Waals surface area (Å²) in [5, 5.41) is 13.3. The molecule has 1 fully saturated rings. The predicted molar refractivity (Wildman–Crippen MR) is 154 cm³/mol. The van der Waals surface area contributed by atoms with Crippen molar-refractivity contribution in [1.29, 1.82) is 0 Å². The number of nitrogens with zero attached hydrogens (tertiary/aromatic N) is 4. The van der Waals surface area contributed by atoms with E-state index in [1.807, 2.05) is 35.4 Å². The minimum absolute atomic E-state index is 0.0483. The Morgan fingerprint density at radius 1 is 1.23 bits per heavy atom. The molecule has 0 bridgehead atoms. The third-order valence-electron chi connectivity index (χ3n) is 7.45. The maximum atomic E-state index is 12.5. The Morgan fingerprint density at radius 3 is 2.62 bits per heavy atom. The van der Waals surface area contributed by atoms with Crippen LogP contribution in [0.1, 0.15) is 51.7 Å². The van der Waals surface area contributed by atoms with Crippen LogP contribution in [0.4, 0.5) is 0 Å². The number of esters is 1. The Labute approximate surface area is 235 Å². The highest BCUT2D eigenvalue weighted by molar-refractivity contribution is 5.81. The first-order chi connectivity index (χ1) is 18.9. The number of likely N-dealkylation sites (tertiary alicyclic amines) is 1. The third kappa shape index (κ3) is 6.62. The summed E-state index contributed by atoms with van der Waals surface area (Å²) in [5.74, 6) is 0.623. The molecule has 40 heavy (non-hydrogen) atoms. The number of aromatic nitrogens is 3. The zero-order valence-corrected chi connectivity index (χ0v) is 24.3. The van der Waals surface area contributed by atoms with Crippen LogP contribution >= 0.6 is 0 Å². The molecular formula is C30H41N5O5. The van der Waals surface area contributed by atoms with Gasteiger partial charge in [-0.3, -0.25) is 19.7 Å². The zero-order chi connectivity index (χ0) is 29.1. The Hall–Kier alpha value is -3.50. The molecule has 0 unspecified atom stereocenters. The number of nitrogens with one attached hydrogen (secondary N) is 1. The molecule has 0 aliphatic carbocycles. The SMILES string of the molecule is CC(=O)N1CCC[C@H](Cn2c(-c3cc(C)c(=O)n(C)c3)nc3ccc(CN[C@@H](C(=O)OC(C)C)[C@@H](C)O)cc32)C1. The first kappa shape index (κ1) is 29.5. The summed E-state index contributed by atoms with van der Waals surface area (Å²) in [7, 11) is 1.74. The van der Waals surface area contributed by atoms with Gasteiger partial charge in [-0.05, 0) is 70.2 Å². The fourth-order valence-corrected chi connectivity index (χ4v) is 5.43. The molecule has 0 saturated carbocycles. The summed E-state index contributed by atoms with van der Waals surface area (Å²) in [6, 6.07) is 6.97. The van der Waals surface area contributed by atoms with E-state index in [0.717, 1.165) is 47.4 Å². The highest BCUT2D eigenvalue weighted by Gasteiger charge is 2.27. The van der Waals surface area contributed by atoms with Crippen molar-refractivity contribution >= 4 is 22.9 Å². The van der Waals surface area contributed by atoms with E-state index < -0.39 is 18.1 Å². The topological polar surface area (TPSA) is 119 Å². The number of aliphatic hydroxyl groups excluding tert-OH is 1. The first-order valence-electron chi connectivity index (χ1n) is 14.0. The maximum absolute atomic E-state index is 12.5. The summed E-state index contributed by atoms with van der Waals surface area (Å²) >= 11 is 0. The van der Waals surface area contributed by atoms with Gasteiger partial charge >= 0.3 is 5.97 Å². The summed E-state index contributed by atoms with van der Waals surface area (Å²) in [5.41, 5.74) is 4.11. The molecule has 1 amide bonds. The van der Waals surface area contributed by atoms with Crippen molar-refractivity contribution in [3.05, 3.63) is 51.9 Å². The first-order valence-corrected chi connectivity index (χ1v) is 14.0. The number of aliphatic hydroxyl groups is 1. The van der Waals surface area contributed by atoms with Crippen molar-refractivity contribution in [3.8, 4) is 11.4 Å². The van der Waals surface area contributed by atoms with Crippen LogP contribution in [0.2, 0.25) is 0 Å². The monoisotopic (exact) mass is 551 g/mol. The molecule has 1 aromatic carbocycles. The molecule has 0 spiro atoms. The van der Waals surface area contributed by atoms with Crippen LogP contribution in [0.25, 0.3) is 22.4 Å². The van der Waals surface area contributed by atoms with Crippen LogP contribution in [0.5, 0.6) is 0 Å². The largest absolute Gasteiger partial charge is 0.462 e. The van der Waals surface area contributed by atoms with E-state index in [0.29, 0.717) is 25.2 Å². The molecule has 10 heteroatoms. The van der Waals surface area contributed by atoms with Crippen molar-refractivity contribution in [2.45, 2.75) is 78.8 Å². The van der Waals surface area contributed by atoms with E-state index in [4.69, 9.17) is 9.72 Å². The second-order valence-electron chi connectivity index (χ2n) is 11.3. The summed E-state index contributed by atoms with van der Waals surface area (Å²) in [6.45, 7) is 11.0. The second-order valence-corrected chi connectivity index (χ2v) is 11.3. The Bertz CT molecular complexity index is 1410. The number of rotatable bonds is 9. The number of pyridine rings is 1. The molecule has 3 aromatic rings. The number of imidazole rings is 1. The van der Waals surface area contributed by atoms with Gasteiger partial charge in [-0.1, -0.05) is 6.07 Å². The van der Waals surface area contributed by atoms with Crippen molar-refractivity contribution in [1.82, 2.24) is 24.3 Å². The van der Waals surface area contributed by atoms with Crippen molar-refractivity contribution < 1.29 is 19.4 Å². The fraction of sp³-hybridized carbons (Fsp3) is 0.533. The van der Waals surface area contributed by atoms with Gasteiger partial charge in [0.15, 0.2) is 0 Å². The summed E-state index contributed by atoms with van der Waals surface area (Å²) in [4.78, 5) is 43.9. The molecule has 1 saturated heterocycles. The molecule has 10 nitrogen and oxygen atoms in total. The summed E-state index contributed by atoms with van der Waals surface area (Å²) < 4.78 is 9.08. The number of aryl methyl sites for hydroxylation is 2. The maximum Gasteiger partial charge on any atom is 0.326 e. The number of hydrogen-bond acceptors (Lipinski definition) is 7. The number of carbonyl (C=O) groups is 2. The number of fused-ring (bicyclic) bond motifs is 1. The van der Waals surface area contributed by atoms with Crippen molar-refractivity contribution in [2.75, 3.05) is 13.1 Å². The average Bonchev–Trinajstić information content (AvgIpc) is 3.24. The van der Waals surface area contributed by atoms with Crippen LogP contribution in [-0.4, -0.2) is 67.3 Å². The molecule has 0 radical (unpaired) electrons. The van der Waals surface area contributed by atoms with E-state index in [2.05, 4.69) is 9.88 Å². The fourth-order valence-electron chi connectivity index (χ4n) is 5.43.